The molecule has 1 atom stereocenters. The lowest BCUT2D eigenvalue weighted by Crippen LogP contribution is -2.41. The highest BCUT2D eigenvalue weighted by molar-refractivity contribution is 7.95. The molecule has 1 N–H and O–H groups in total. The van der Waals surface area contributed by atoms with E-state index in [4.69, 9.17) is 6.57 Å². The number of urea groups is 1. The fourth-order valence-electron chi connectivity index (χ4n) is 2.73. The van der Waals surface area contributed by atoms with Crippen LogP contribution in [0.15, 0.2) is 63.9 Å². The Morgan fingerprint density at radius 3 is 2.26 bits per heavy atom. The molecule has 0 bridgehead atoms. The number of hydrogen-bond donors (Lipinski definition) is 1. The minimum atomic E-state index is -3.28. The molecule has 2 amide bonds. The topological polar surface area (TPSA) is 66.1 Å². The van der Waals surface area contributed by atoms with Crippen molar-refractivity contribution in [3.05, 3.63) is 66.0 Å². The molecule has 6 nitrogen and oxygen atoms in total. The summed E-state index contributed by atoms with van der Waals surface area (Å²) in [4.78, 5) is 18.2. The van der Waals surface area contributed by atoms with Crippen LogP contribution < -0.4 is 4.72 Å². The monoisotopic (exact) mass is 384 g/mol. The minimum Gasteiger partial charge on any atom is -0.317 e. The molecule has 0 aliphatic heterocycles. The Morgan fingerprint density at radius 2 is 1.70 bits per heavy atom. The van der Waals surface area contributed by atoms with Gasteiger partial charge in [0.15, 0.2) is 15.6 Å². The van der Waals surface area contributed by atoms with E-state index in [0.29, 0.717) is 16.3 Å². The van der Waals surface area contributed by atoms with E-state index in [0.717, 1.165) is 0 Å². The van der Waals surface area contributed by atoms with Gasteiger partial charge in [-0.05, 0) is 52.0 Å². The van der Waals surface area contributed by atoms with E-state index in [-0.39, 0.29) is 12.1 Å². The number of nitrogens with zero attached hydrogens (tertiary/aromatic N) is 3. The summed E-state index contributed by atoms with van der Waals surface area (Å²) in [6.07, 6.45) is 0. The molecule has 2 aromatic carbocycles. The van der Waals surface area contributed by atoms with Crippen LogP contribution in [0, 0.1) is 6.57 Å². The maximum absolute atomic E-state index is 13.7. The van der Waals surface area contributed by atoms with Crippen LogP contribution in [0.1, 0.15) is 27.7 Å². The molecule has 2 rings (SSSR count). The number of rotatable bonds is 5. The maximum atomic E-state index is 13.7. The molecule has 142 valence electrons. The van der Waals surface area contributed by atoms with Crippen molar-refractivity contribution in [2.75, 3.05) is 4.72 Å². The largest absolute Gasteiger partial charge is 0.353 e. The highest BCUT2D eigenvalue weighted by Crippen LogP contribution is 2.23. The summed E-state index contributed by atoms with van der Waals surface area (Å²) in [5.74, 6) is 0. The van der Waals surface area contributed by atoms with Crippen LogP contribution >= 0.6 is 0 Å². The Morgan fingerprint density at radius 1 is 1.07 bits per heavy atom. The molecule has 0 spiro atoms. The van der Waals surface area contributed by atoms with Crippen LogP contribution in [0.5, 0.6) is 0 Å². The van der Waals surface area contributed by atoms with Crippen molar-refractivity contribution in [2.24, 2.45) is 4.36 Å². The number of benzene rings is 2. The van der Waals surface area contributed by atoms with E-state index in [9.17, 15) is 9.00 Å². The Labute approximate surface area is 161 Å². The molecule has 7 heteroatoms. The summed E-state index contributed by atoms with van der Waals surface area (Å²) in [5, 5.41) is 0. The summed E-state index contributed by atoms with van der Waals surface area (Å²) < 4.78 is 20.7. The predicted molar refractivity (Wildman–Crippen MR) is 109 cm³/mol. The zero-order chi connectivity index (χ0) is 20.0. The number of amides is 2. The zero-order valence-corrected chi connectivity index (χ0v) is 16.7. The van der Waals surface area contributed by atoms with Gasteiger partial charge in [0, 0.05) is 17.8 Å². The van der Waals surface area contributed by atoms with Gasteiger partial charge in [0.05, 0.1) is 11.5 Å². The van der Waals surface area contributed by atoms with Gasteiger partial charge >= 0.3 is 6.03 Å². The number of anilines is 1. The van der Waals surface area contributed by atoms with Crippen molar-refractivity contribution in [1.82, 2.24) is 4.90 Å². The zero-order valence-electron chi connectivity index (χ0n) is 15.9. The van der Waals surface area contributed by atoms with Crippen molar-refractivity contribution in [3.63, 3.8) is 0 Å². The fraction of sp³-hybridized carbons (Fsp3) is 0.300. The van der Waals surface area contributed by atoms with Gasteiger partial charge < -0.3 is 4.90 Å². The summed E-state index contributed by atoms with van der Waals surface area (Å²) in [7, 11) is -3.28. The number of nitrogens with one attached hydrogen (secondary N) is 1. The molecule has 0 radical (unpaired) electrons. The second-order valence-corrected chi connectivity index (χ2v) is 8.48. The van der Waals surface area contributed by atoms with E-state index >= 15 is 0 Å². The third-order valence-electron chi connectivity index (χ3n) is 3.83. The molecule has 2 aromatic rings. The Hall–Kier alpha value is -2.85. The number of hydrogen-bond acceptors (Lipinski definition) is 2. The summed E-state index contributed by atoms with van der Waals surface area (Å²) in [6, 6.07) is 14.6. The van der Waals surface area contributed by atoms with E-state index in [1.807, 2.05) is 27.7 Å². The first-order valence-electron chi connectivity index (χ1n) is 8.66. The van der Waals surface area contributed by atoms with E-state index < -0.39 is 15.9 Å². The second-order valence-electron chi connectivity index (χ2n) is 6.57. The maximum Gasteiger partial charge on any atom is 0.353 e. The van der Waals surface area contributed by atoms with Crippen molar-refractivity contribution >= 4 is 27.3 Å². The lowest BCUT2D eigenvalue weighted by Gasteiger charge is -2.29. The summed E-state index contributed by atoms with van der Waals surface area (Å²) in [6.45, 7) is 14.7. The van der Waals surface area contributed by atoms with Crippen molar-refractivity contribution in [1.29, 1.82) is 0 Å². The molecule has 0 aromatic heterocycles. The molecular weight excluding hydrogens is 360 g/mol. The third-order valence-corrected chi connectivity index (χ3v) is 5.67. The smallest absolute Gasteiger partial charge is 0.317 e. The van der Waals surface area contributed by atoms with Gasteiger partial charge in [0.25, 0.3) is 0 Å². The molecule has 0 saturated heterocycles. The SMILES string of the molecule is [C-]#[N+]c1cccc(NS(=O)(=NC(=O)N(C(C)C)C(C)C)c2ccccc2)c1. The number of carbonyl (C=O) groups excluding carboxylic acids is 1. The predicted octanol–water partition coefficient (Wildman–Crippen LogP) is 5.33. The number of carbonyl (C=O) groups is 1. The first-order chi connectivity index (χ1) is 12.8. The molecule has 0 saturated carbocycles. The van der Waals surface area contributed by atoms with Crippen LogP contribution in [-0.4, -0.2) is 27.2 Å². The lowest BCUT2D eigenvalue weighted by atomic mass is 10.2. The van der Waals surface area contributed by atoms with Gasteiger partial charge in [0.2, 0.25) is 0 Å². The lowest BCUT2D eigenvalue weighted by molar-refractivity contribution is 0.175. The molecular formula is C20H24N4O2S. The summed E-state index contributed by atoms with van der Waals surface area (Å²) >= 11 is 0. The fourth-order valence-corrected chi connectivity index (χ4v) is 4.29. The van der Waals surface area contributed by atoms with Gasteiger partial charge in [-0.2, -0.15) is 0 Å². The van der Waals surface area contributed by atoms with Crippen LogP contribution in [0.2, 0.25) is 0 Å². The Balaban J connectivity index is 2.56. The quantitative estimate of drug-likeness (QED) is 0.708. The van der Waals surface area contributed by atoms with Crippen molar-refractivity contribution in [3.8, 4) is 0 Å². The van der Waals surface area contributed by atoms with E-state index in [1.54, 1.807) is 59.5 Å². The van der Waals surface area contributed by atoms with E-state index in [2.05, 4.69) is 13.9 Å². The normalized spacial score (nSPS) is 12.9. The van der Waals surface area contributed by atoms with Crippen LogP contribution in [0.4, 0.5) is 16.2 Å². The molecule has 0 aliphatic carbocycles. The van der Waals surface area contributed by atoms with Gasteiger partial charge in [-0.15, -0.1) is 4.36 Å². The average molecular weight is 385 g/mol. The second kappa shape index (κ2) is 8.69. The first-order valence-corrected chi connectivity index (χ1v) is 10.2. The average Bonchev–Trinajstić information content (AvgIpc) is 2.61. The van der Waals surface area contributed by atoms with Gasteiger partial charge in [-0.25, -0.2) is 13.8 Å². The van der Waals surface area contributed by atoms with Gasteiger partial charge in [-0.3, -0.25) is 4.72 Å². The van der Waals surface area contributed by atoms with Gasteiger partial charge in [-0.1, -0.05) is 30.3 Å². The highest BCUT2D eigenvalue weighted by atomic mass is 32.2. The molecule has 1 unspecified atom stereocenters. The molecule has 27 heavy (non-hydrogen) atoms. The van der Waals surface area contributed by atoms with E-state index in [1.165, 1.54) is 0 Å². The van der Waals surface area contributed by atoms with Crippen LogP contribution in [0.25, 0.3) is 4.85 Å². The molecule has 0 fully saturated rings. The molecule has 0 aliphatic rings. The van der Waals surface area contributed by atoms with Crippen molar-refractivity contribution < 1.29 is 9.00 Å². The van der Waals surface area contributed by atoms with Crippen molar-refractivity contribution in [2.45, 2.75) is 44.7 Å². The minimum absolute atomic E-state index is 0.0777. The van der Waals surface area contributed by atoms with Crippen LogP contribution in [0.3, 0.4) is 0 Å². The summed E-state index contributed by atoms with van der Waals surface area (Å²) in [5.41, 5.74) is 0.877. The Bertz CT molecular complexity index is 947. The Kier molecular flexibility index (Phi) is 6.59. The van der Waals surface area contributed by atoms with Crippen LogP contribution in [-0.2, 0) is 9.92 Å². The van der Waals surface area contributed by atoms with Gasteiger partial charge in [0.1, 0.15) is 0 Å². The first kappa shape index (κ1) is 20.5. The highest BCUT2D eigenvalue weighted by Gasteiger charge is 2.23. The third kappa shape index (κ3) is 5.08. The molecule has 0 heterocycles. The standard InChI is InChI=1S/C20H24N4O2S/c1-15(2)24(16(3)4)20(25)23-27(26,19-12-7-6-8-13-19)22-18-11-9-10-17(14-18)21-5/h6-16H,1-4H3,(H,22,23,25,26).